The van der Waals surface area contributed by atoms with Crippen LogP contribution in [-0.2, 0) is 0 Å². The number of hydrogen-bond acceptors (Lipinski definition) is 7. The number of hydrogen-bond donors (Lipinski definition) is 1. The molecule has 0 fully saturated rings. The number of fused-ring (bicyclic) bond motifs is 2. The Kier molecular flexibility index (Phi) is 4.21. The van der Waals surface area contributed by atoms with Gasteiger partial charge in [0.25, 0.3) is 5.91 Å². The smallest absolute Gasteiger partial charge is 0.271 e. The van der Waals surface area contributed by atoms with Crippen LogP contribution in [-0.4, -0.2) is 30.7 Å². The van der Waals surface area contributed by atoms with Crippen molar-refractivity contribution in [2.24, 2.45) is 5.10 Å². The van der Waals surface area contributed by atoms with Gasteiger partial charge in [-0.25, -0.2) is 10.4 Å². The van der Waals surface area contributed by atoms with Gasteiger partial charge in [-0.1, -0.05) is 6.07 Å². The number of aromatic nitrogens is 1. The van der Waals surface area contributed by atoms with Crippen molar-refractivity contribution in [2.75, 3.05) is 13.6 Å². The Morgan fingerprint density at radius 3 is 2.45 bits per heavy atom. The first-order valence-corrected chi connectivity index (χ1v) is 8.86. The average molecular weight is 389 g/mol. The second-order valence-corrected chi connectivity index (χ2v) is 6.28. The van der Waals surface area contributed by atoms with Gasteiger partial charge in [-0.05, 0) is 48.5 Å². The number of hydrazone groups is 1. The predicted octanol–water partition coefficient (Wildman–Crippen LogP) is 2.97. The zero-order chi connectivity index (χ0) is 19.6. The molecule has 5 rings (SSSR count). The highest BCUT2D eigenvalue weighted by Gasteiger charge is 2.16. The summed E-state index contributed by atoms with van der Waals surface area (Å²) in [5.74, 6) is 2.22. The third kappa shape index (κ3) is 3.43. The lowest BCUT2D eigenvalue weighted by Crippen LogP contribution is -2.17. The van der Waals surface area contributed by atoms with Crippen molar-refractivity contribution in [3.63, 3.8) is 0 Å². The molecule has 0 unspecified atom stereocenters. The normalized spacial score (nSPS) is 13.7. The minimum absolute atomic E-state index is 0.157. The molecule has 0 radical (unpaired) electrons. The van der Waals surface area contributed by atoms with E-state index in [-0.39, 0.29) is 19.5 Å². The highest BCUT2D eigenvalue weighted by molar-refractivity contribution is 5.95. The second kappa shape index (κ2) is 7.16. The Morgan fingerprint density at radius 1 is 0.897 bits per heavy atom. The molecule has 1 aromatic heterocycles. The minimum Gasteiger partial charge on any atom is -0.454 e. The molecule has 8 nitrogen and oxygen atoms in total. The molecule has 0 saturated heterocycles. The molecule has 2 aliphatic heterocycles. The van der Waals surface area contributed by atoms with Gasteiger partial charge >= 0.3 is 0 Å². The number of nitrogens with zero attached hydrogens (tertiary/aromatic N) is 2. The molecule has 1 N–H and O–H groups in total. The van der Waals surface area contributed by atoms with Crippen LogP contribution in [0.15, 0.2) is 59.7 Å². The molecule has 1 amide bonds. The third-order valence-corrected chi connectivity index (χ3v) is 4.44. The van der Waals surface area contributed by atoms with Crippen molar-refractivity contribution in [1.82, 2.24) is 10.4 Å². The summed E-state index contributed by atoms with van der Waals surface area (Å²) < 4.78 is 21.3. The van der Waals surface area contributed by atoms with Gasteiger partial charge in [0.2, 0.25) is 13.6 Å². The first-order chi connectivity index (χ1) is 14.3. The molecule has 3 heterocycles. The van der Waals surface area contributed by atoms with E-state index in [0.717, 1.165) is 17.0 Å². The zero-order valence-corrected chi connectivity index (χ0v) is 15.1. The fourth-order valence-corrected chi connectivity index (χ4v) is 3.00. The molecule has 0 bridgehead atoms. The minimum atomic E-state index is -0.355. The molecule has 2 aromatic carbocycles. The molecule has 0 aliphatic carbocycles. The summed E-state index contributed by atoms with van der Waals surface area (Å²) in [7, 11) is 0. The maximum Gasteiger partial charge on any atom is 0.271 e. The van der Waals surface area contributed by atoms with E-state index in [4.69, 9.17) is 18.9 Å². The second-order valence-electron chi connectivity index (χ2n) is 6.28. The van der Waals surface area contributed by atoms with Crippen LogP contribution in [0.5, 0.6) is 23.0 Å². The molecular formula is C21H15N3O5. The average Bonchev–Trinajstić information content (AvgIpc) is 3.42. The summed E-state index contributed by atoms with van der Waals surface area (Å²) in [6, 6.07) is 16.2. The summed E-state index contributed by atoms with van der Waals surface area (Å²) in [5.41, 5.74) is 5.17. The lowest BCUT2D eigenvalue weighted by atomic mass is 10.1. The monoisotopic (exact) mass is 389 g/mol. The van der Waals surface area contributed by atoms with Crippen LogP contribution in [0.2, 0.25) is 0 Å². The Balaban J connectivity index is 1.29. The van der Waals surface area contributed by atoms with E-state index in [1.165, 1.54) is 6.21 Å². The zero-order valence-electron chi connectivity index (χ0n) is 15.1. The summed E-state index contributed by atoms with van der Waals surface area (Å²) >= 11 is 0. The van der Waals surface area contributed by atoms with E-state index in [9.17, 15) is 4.79 Å². The topological polar surface area (TPSA) is 91.3 Å². The first-order valence-electron chi connectivity index (χ1n) is 8.86. The van der Waals surface area contributed by atoms with Gasteiger partial charge in [0.1, 0.15) is 0 Å². The molecule has 2 aliphatic rings. The number of carbonyl (C=O) groups is 1. The maximum atomic E-state index is 12.3. The number of carbonyl (C=O) groups excluding carboxylic acids is 1. The molecule has 0 spiro atoms. The highest BCUT2D eigenvalue weighted by atomic mass is 16.7. The van der Waals surface area contributed by atoms with Gasteiger partial charge in [0.05, 0.1) is 17.6 Å². The molecular weight excluding hydrogens is 374 g/mol. The number of pyridine rings is 1. The molecule has 0 atom stereocenters. The van der Waals surface area contributed by atoms with Gasteiger partial charge in [-0.3, -0.25) is 4.79 Å². The van der Waals surface area contributed by atoms with Crippen molar-refractivity contribution in [2.45, 2.75) is 0 Å². The van der Waals surface area contributed by atoms with E-state index < -0.39 is 0 Å². The summed E-state index contributed by atoms with van der Waals surface area (Å²) in [5, 5.41) is 4.00. The Bertz CT molecular complexity index is 1130. The van der Waals surface area contributed by atoms with Gasteiger partial charge < -0.3 is 18.9 Å². The molecule has 3 aromatic rings. The molecule has 29 heavy (non-hydrogen) atoms. The van der Waals surface area contributed by atoms with Crippen LogP contribution in [0.4, 0.5) is 0 Å². The van der Waals surface area contributed by atoms with Crippen molar-refractivity contribution in [1.29, 1.82) is 0 Å². The highest BCUT2D eigenvalue weighted by Crippen LogP contribution is 2.35. The van der Waals surface area contributed by atoms with Crippen molar-refractivity contribution >= 4 is 12.1 Å². The fourth-order valence-electron chi connectivity index (χ4n) is 3.00. The number of ether oxygens (including phenoxy) is 4. The van der Waals surface area contributed by atoms with Crippen molar-refractivity contribution < 1.29 is 23.7 Å². The number of benzene rings is 2. The van der Waals surface area contributed by atoms with E-state index >= 15 is 0 Å². The van der Waals surface area contributed by atoms with Gasteiger partial charge in [-0.2, -0.15) is 5.10 Å². The standard InChI is InChI=1S/C21H15N3O5/c25-21(14-5-7-18-20(9-14)29-12-27-18)24-22-10-15-2-1-3-16(23-15)13-4-6-17-19(8-13)28-11-26-17/h1-10H,11-12H2,(H,24,25)/b22-10+. The van der Waals surface area contributed by atoms with Crippen LogP contribution in [0.1, 0.15) is 16.1 Å². The van der Waals surface area contributed by atoms with E-state index in [1.54, 1.807) is 24.3 Å². The lowest BCUT2D eigenvalue weighted by Gasteiger charge is -2.04. The summed E-state index contributed by atoms with van der Waals surface area (Å²) in [6.45, 7) is 0.381. The predicted molar refractivity (Wildman–Crippen MR) is 103 cm³/mol. The Labute approximate surface area is 165 Å². The fraction of sp³-hybridized carbons (Fsp3) is 0.0952. The van der Waals surface area contributed by atoms with Crippen LogP contribution in [0.3, 0.4) is 0 Å². The van der Waals surface area contributed by atoms with Gasteiger partial charge in [0, 0.05) is 11.1 Å². The largest absolute Gasteiger partial charge is 0.454 e. The molecule has 144 valence electrons. The van der Waals surface area contributed by atoms with Gasteiger partial charge in [-0.15, -0.1) is 0 Å². The SMILES string of the molecule is O=C(N/N=C/c1cccc(-c2ccc3c(c2)OCO3)n1)c1ccc2c(c1)OCO2. The van der Waals surface area contributed by atoms with Crippen LogP contribution in [0, 0.1) is 0 Å². The van der Waals surface area contributed by atoms with E-state index in [2.05, 4.69) is 15.5 Å². The number of amides is 1. The first kappa shape index (κ1) is 17.1. The Morgan fingerprint density at radius 2 is 1.62 bits per heavy atom. The van der Waals surface area contributed by atoms with Crippen LogP contribution >= 0.6 is 0 Å². The van der Waals surface area contributed by atoms with Crippen LogP contribution < -0.4 is 24.4 Å². The Hall–Kier alpha value is -4.07. The quantitative estimate of drug-likeness (QED) is 0.545. The lowest BCUT2D eigenvalue weighted by molar-refractivity contribution is 0.0954. The van der Waals surface area contributed by atoms with Crippen molar-refractivity contribution in [3.05, 3.63) is 65.9 Å². The molecule has 8 heteroatoms. The number of rotatable bonds is 4. The molecule has 0 saturated carbocycles. The third-order valence-electron chi connectivity index (χ3n) is 4.44. The summed E-state index contributed by atoms with van der Waals surface area (Å²) in [4.78, 5) is 16.8. The van der Waals surface area contributed by atoms with E-state index in [1.807, 2.05) is 30.3 Å². The number of nitrogens with one attached hydrogen (secondary N) is 1. The maximum absolute atomic E-state index is 12.3. The van der Waals surface area contributed by atoms with Crippen molar-refractivity contribution in [3.8, 4) is 34.3 Å². The summed E-state index contributed by atoms with van der Waals surface area (Å²) in [6.07, 6.45) is 1.49. The van der Waals surface area contributed by atoms with E-state index in [0.29, 0.717) is 28.5 Å². The van der Waals surface area contributed by atoms with Crippen LogP contribution in [0.25, 0.3) is 11.3 Å². The van der Waals surface area contributed by atoms with Gasteiger partial charge in [0.15, 0.2) is 23.0 Å².